The van der Waals surface area contributed by atoms with E-state index < -0.39 is 17.1 Å². The first-order valence-electron chi connectivity index (χ1n) is 6.17. The number of hydrogen-bond acceptors (Lipinski definition) is 4. The molecular weight excluding hydrogens is 260 g/mol. The fourth-order valence-corrected chi connectivity index (χ4v) is 2.01. The molecule has 0 fully saturated rings. The number of phenols is 2. The van der Waals surface area contributed by atoms with Crippen molar-refractivity contribution in [2.24, 2.45) is 7.05 Å². The second-order valence-electron chi connectivity index (χ2n) is 4.97. The molecule has 2 rings (SSSR count). The van der Waals surface area contributed by atoms with Gasteiger partial charge in [-0.25, -0.2) is 0 Å². The number of phenolic OH excluding ortho intramolecular Hbond substituents is 2. The maximum absolute atomic E-state index is 12.3. The molecule has 3 N–H and O–H groups in total. The molecule has 0 aliphatic heterocycles. The summed E-state index contributed by atoms with van der Waals surface area (Å²) in [6.07, 6.45) is 1.42. The Morgan fingerprint density at radius 2 is 1.85 bits per heavy atom. The Hall–Kier alpha value is -2.50. The predicted octanol–water partition coefficient (Wildman–Crippen LogP) is 1.09. The normalized spacial score (nSPS) is 11.0. The van der Waals surface area contributed by atoms with Crippen LogP contribution in [0.3, 0.4) is 0 Å². The van der Waals surface area contributed by atoms with Gasteiger partial charge in [-0.2, -0.15) is 0 Å². The van der Waals surface area contributed by atoms with Crippen LogP contribution in [0.1, 0.15) is 24.2 Å². The Kier molecular flexibility index (Phi) is 3.40. The molecule has 106 valence electrons. The molecule has 0 atom stereocenters. The number of aromatic nitrogens is 1. The minimum Gasteiger partial charge on any atom is -0.504 e. The fraction of sp³-hybridized carbons (Fsp3) is 0.286. The van der Waals surface area contributed by atoms with Crippen LogP contribution in [0.15, 0.2) is 23.1 Å². The van der Waals surface area contributed by atoms with Crippen LogP contribution >= 0.6 is 0 Å². The van der Waals surface area contributed by atoms with Crippen LogP contribution < -0.4 is 10.7 Å². The zero-order valence-electron chi connectivity index (χ0n) is 11.5. The number of rotatable bonds is 2. The number of nitrogens with one attached hydrogen (secondary N) is 1. The first-order chi connectivity index (χ1) is 9.31. The summed E-state index contributed by atoms with van der Waals surface area (Å²) in [7, 11) is 1.66. The number of aryl methyl sites for hydroxylation is 1. The molecule has 6 heteroatoms. The molecule has 0 saturated heterocycles. The summed E-state index contributed by atoms with van der Waals surface area (Å²) >= 11 is 0. The second kappa shape index (κ2) is 4.88. The predicted molar refractivity (Wildman–Crippen MR) is 75.1 cm³/mol. The van der Waals surface area contributed by atoms with E-state index in [2.05, 4.69) is 5.32 Å². The summed E-state index contributed by atoms with van der Waals surface area (Å²) in [5, 5.41) is 21.8. The van der Waals surface area contributed by atoms with Gasteiger partial charge in [0.2, 0.25) is 5.43 Å². The minimum absolute atomic E-state index is 0.00112. The Labute approximate surface area is 115 Å². The number of amides is 1. The first kappa shape index (κ1) is 13.9. The van der Waals surface area contributed by atoms with Crippen LogP contribution in [0.5, 0.6) is 11.5 Å². The molecule has 20 heavy (non-hydrogen) atoms. The summed E-state index contributed by atoms with van der Waals surface area (Å²) in [6, 6.07) is 2.37. The van der Waals surface area contributed by atoms with Gasteiger partial charge in [-0.15, -0.1) is 0 Å². The topological polar surface area (TPSA) is 91.6 Å². The van der Waals surface area contributed by atoms with E-state index >= 15 is 0 Å². The van der Waals surface area contributed by atoms with Crippen molar-refractivity contribution in [3.8, 4) is 11.5 Å². The van der Waals surface area contributed by atoms with Gasteiger partial charge < -0.3 is 20.1 Å². The van der Waals surface area contributed by atoms with E-state index in [-0.39, 0.29) is 22.7 Å². The van der Waals surface area contributed by atoms with Gasteiger partial charge in [-0.3, -0.25) is 9.59 Å². The van der Waals surface area contributed by atoms with Crippen LogP contribution in [-0.2, 0) is 7.05 Å². The first-order valence-corrected chi connectivity index (χ1v) is 6.17. The van der Waals surface area contributed by atoms with E-state index in [0.717, 1.165) is 0 Å². The lowest BCUT2D eigenvalue weighted by Crippen LogP contribution is -2.34. The van der Waals surface area contributed by atoms with Crippen molar-refractivity contribution in [2.45, 2.75) is 19.9 Å². The van der Waals surface area contributed by atoms with Crippen molar-refractivity contribution >= 4 is 16.8 Å². The Balaban J connectivity index is 2.71. The molecule has 0 spiro atoms. The molecule has 1 heterocycles. The third-order valence-corrected chi connectivity index (χ3v) is 2.95. The van der Waals surface area contributed by atoms with Crippen molar-refractivity contribution in [1.29, 1.82) is 0 Å². The van der Waals surface area contributed by atoms with Crippen LogP contribution in [0, 0.1) is 0 Å². The Bertz CT molecular complexity index is 747. The van der Waals surface area contributed by atoms with E-state index in [1.165, 1.54) is 18.3 Å². The number of nitrogens with zero attached hydrogens (tertiary/aromatic N) is 1. The number of fused-ring (bicyclic) bond motifs is 1. The number of benzene rings is 1. The molecular formula is C14H16N2O4. The van der Waals surface area contributed by atoms with Gasteiger partial charge >= 0.3 is 0 Å². The average Bonchev–Trinajstić information content (AvgIpc) is 2.35. The van der Waals surface area contributed by atoms with E-state index in [9.17, 15) is 19.8 Å². The zero-order valence-corrected chi connectivity index (χ0v) is 11.5. The number of pyridine rings is 1. The average molecular weight is 276 g/mol. The number of carbonyl (C=O) groups excluding carboxylic acids is 1. The SMILES string of the molecule is CC(C)NC(=O)c1cn(C)c2cc(O)c(O)cc2c1=O. The Morgan fingerprint density at radius 1 is 1.25 bits per heavy atom. The van der Waals surface area contributed by atoms with Crippen molar-refractivity contribution in [3.63, 3.8) is 0 Å². The molecule has 0 radical (unpaired) electrons. The van der Waals surface area contributed by atoms with Crippen molar-refractivity contribution < 1.29 is 15.0 Å². The zero-order chi connectivity index (χ0) is 15.0. The molecule has 1 aromatic heterocycles. The minimum atomic E-state index is -0.480. The van der Waals surface area contributed by atoms with Crippen molar-refractivity contribution in [1.82, 2.24) is 9.88 Å². The van der Waals surface area contributed by atoms with Crippen LogP contribution in [0.2, 0.25) is 0 Å². The van der Waals surface area contributed by atoms with Crippen molar-refractivity contribution in [3.05, 3.63) is 34.1 Å². The molecule has 0 unspecified atom stereocenters. The van der Waals surface area contributed by atoms with E-state index in [4.69, 9.17) is 0 Å². The lowest BCUT2D eigenvalue weighted by molar-refractivity contribution is 0.0941. The Morgan fingerprint density at radius 3 is 2.45 bits per heavy atom. The van der Waals surface area contributed by atoms with Gasteiger partial charge in [-0.05, 0) is 19.9 Å². The summed E-state index contributed by atoms with van der Waals surface area (Å²) in [6.45, 7) is 3.60. The van der Waals surface area contributed by atoms with Crippen LogP contribution in [0.25, 0.3) is 10.9 Å². The van der Waals surface area contributed by atoms with Gasteiger partial charge in [0.25, 0.3) is 5.91 Å². The molecule has 0 aliphatic rings. The third-order valence-electron chi connectivity index (χ3n) is 2.95. The molecule has 0 aliphatic carbocycles. The summed E-state index contributed by atoms with van der Waals surface area (Å²) in [5.41, 5.74) is -0.0447. The molecule has 0 saturated carbocycles. The summed E-state index contributed by atoms with van der Waals surface area (Å²) < 4.78 is 1.56. The number of hydrogen-bond donors (Lipinski definition) is 3. The van der Waals surface area contributed by atoms with E-state index in [1.807, 2.05) is 0 Å². The molecule has 0 bridgehead atoms. The highest BCUT2D eigenvalue weighted by molar-refractivity contribution is 5.97. The highest BCUT2D eigenvalue weighted by Gasteiger charge is 2.16. The molecule has 6 nitrogen and oxygen atoms in total. The lowest BCUT2D eigenvalue weighted by atomic mass is 10.1. The van der Waals surface area contributed by atoms with Crippen molar-refractivity contribution in [2.75, 3.05) is 0 Å². The summed E-state index contributed by atoms with van der Waals surface area (Å²) in [4.78, 5) is 24.3. The summed E-state index contributed by atoms with van der Waals surface area (Å²) in [5.74, 6) is -1.17. The maximum Gasteiger partial charge on any atom is 0.256 e. The quantitative estimate of drug-likeness (QED) is 0.716. The standard InChI is InChI=1S/C14H16N2O4/c1-7(2)15-14(20)9-6-16(3)10-5-12(18)11(17)4-8(10)13(9)19/h4-7,17-18H,1-3H3,(H,15,20). The van der Waals surface area contributed by atoms with Gasteiger partial charge in [0.1, 0.15) is 5.56 Å². The molecule has 2 aromatic rings. The smallest absolute Gasteiger partial charge is 0.256 e. The lowest BCUT2D eigenvalue weighted by Gasteiger charge is -2.12. The van der Waals surface area contributed by atoms with E-state index in [0.29, 0.717) is 5.52 Å². The van der Waals surface area contributed by atoms with Crippen LogP contribution in [-0.4, -0.2) is 26.7 Å². The fourth-order valence-electron chi connectivity index (χ4n) is 2.01. The second-order valence-corrected chi connectivity index (χ2v) is 4.97. The highest BCUT2D eigenvalue weighted by Crippen LogP contribution is 2.28. The van der Waals surface area contributed by atoms with Gasteiger partial charge in [0, 0.05) is 25.4 Å². The van der Waals surface area contributed by atoms with Gasteiger partial charge in [0.15, 0.2) is 11.5 Å². The molecule has 1 aromatic carbocycles. The monoisotopic (exact) mass is 276 g/mol. The maximum atomic E-state index is 12.3. The highest BCUT2D eigenvalue weighted by atomic mass is 16.3. The largest absolute Gasteiger partial charge is 0.504 e. The van der Waals surface area contributed by atoms with Gasteiger partial charge in [0.05, 0.1) is 10.9 Å². The van der Waals surface area contributed by atoms with E-state index in [1.54, 1.807) is 25.5 Å². The third kappa shape index (κ3) is 2.32. The van der Waals surface area contributed by atoms with Crippen LogP contribution in [0.4, 0.5) is 0 Å². The molecule has 1 amide bonds. The number of carbonyl (C=O) groups is 1. The number of aromatic hydroxyl groups is 2. The van der Waals surface area contributed by atoms with Gasteiger partial charge in [-0.1, -0.05) is 0 Å².